The van der Waals surface area contributed by atoms with Gasteiger partial charge in [0.1, 0.15) is 0 Å². The molecule has 0 saturated heterocycles. The molecule has 0 bridgehead atoms. The summed E-state index contributed by atoms with van der Waals surface area (Å²) in [6.45, 7) is -0.170. The molecule has 0 aromatic carbocycles. The Kier molecular flexibility index (Phi) is 3.28. The highest BCUT2D eigenvalue weighted by atomic mass is 32.2. The molecule has 1 saturated carbocycles. The lowest BCUT2D eigenvalue weighted by atomic mass is 10.1. The van der Waals surface area contributed by atoms with E-state index in [0.717, 1.165) is 12.8 Å². The number of ether oxygens (including phenoxy) is 1. The third-order valence-electron chi connectivity index (χ3n) is 2.87. The van der Waals surface area contributed by atoms with E-state index in [-0.39, 0.29) is 12.5 Å². The molecule has 0 spiro atoms. The minimum atomic E-state index is -4.44. The molecule has 4 nitrogen and oxygen atoms in total. The van der Waals surface area contributed by atoms with Gasteiger partial charge in [0.25, 0.3) is 5.85 Å². The third kappa shape index (κ3) is 2.45. The van der Waals surface area contributed by atoms with Crippen LogP contribution in [-0.2, 0) is 14.8 Å². The Bertz CT molecular complexity index is 512. The molecule has 2 rings (SSSR count). The number of halogens is 3. The van der Waals surface area contributed by atoms with Crippen LogP contribution in [-0.4, -0.2) is 26.1 Å². The molecule has 2 unspecified atom stereocenters. The summed E-state index contributed by atoms with van der Waals surface area (Å²) in [5.74, 6) is -6.70. The van der Waals surface area contributed by atoms with Gasteiger partial charge in [0.15, 0.2) is 11.1 Å². The van der Waals surface area contributed by atoms with E-state index >= 15 is 0 Å². The molecule has 0 heterocycles. The van der Waals surface area contributed by atoms with Crippen LogP contribution in [0.15, 0.2) is 23.8 Å². The van der Waals surface area contributed by atoms with Crippen molar-refractivity contribution in [1.29, 1.82) is 0 Å². The summed E-state index contributed by atoms with van der Waals surface area (Å²) in [6.07, 6.45) is 2.77. The Morgan fingerprint density at radius 2 is 2.06 bits per heavy atom. The zero-order chi connectivity index (χ0) is 13.6. The molecule has 0 aliphatic heterocycles. The normalized spacial score (nSPS) is 33.0. The van der Waals surface area contributed by atoms with E-state index in [4.69, 9.17) is 5.14 Å². The molecule has 102 valence electrons. The highest BCUT2D eigenvalue weighted by Crippen LogP contribution is 2.41. The molecule has 2 aliphatic rings. The van der Waals surface area contributed by atoms with E-state index < -0.39 is 32.8 Å². The quantitative estimate of drug-likeness (QED) is 0.849. The second kappa shape index (κ2) is 4.36. The van der Waals surface area contributed by atoms with Crippen LogP contribution in [0.1, 0.15) is 12.8 Å². The maximum atomic E-state index is 14.4. The van der Waals surface area contributed by atoms with Crippen LogP contribution in [0.4, 0.5) is 13.2 Å². The van der Waals surface area contributed by atoms with Crippen LogP contribution < -0.4 is 5.14 Å². The number of hydrogen-bond acceptors (Lipinski definition) is 3. The van der Waals surface area contributed by atoms with Crippen molar-refractivity contribution in [2.45, 2.75) is 23.9 Å². The van der Waals surface area contributed by atoms with Gasteiger partial charge < -0.3 is 4.74 Å². The van der Waals surface area contributed by atoms with Gasteiger partial charge in [-0.25, -0.2) is 26.7 Å². The maximum absolute atomic E-state index is 14.4. The Morgan fingerprint density at radius 3 is 2.56 bits per heavy atom. The van der Waals surface area contributed by atoms with Gasteiger partial charge in [-0.1, -0.05) is 6.08 Å². The fourth-order valence-corrected chi connectivity index (χ4v) is 2.54. The highest BCUT2D eigenvalue weighted by Gasteiger charge is 2.53. The van der Waals surface area contributed by atoms with Crippen molar-refractivity contribution in [2.75, 3.05) is 6.61 Å². The first kappa shape index (κ1) is 13.6. The van der Waals surface area contributed by atoms with Crippen LogP contribution in [0, 0.1) is 5.92 Å². The van der Waals surface area contributed by atoms with E-state index in [1.54, 1.807) is 0 Å². The van der Waals surface area contributed by atoms with Crippen molar-refractivity contribution in [3.63, 3.8) is 0 Å². The average Bonchev–Trinajstić information content (AvgIpc) is 3.05. The zero-order valence-corrected chi connectivity index (χ0v) is 10.1. The van der Waals surface area contributed by atoms with E-state index in [1.165, 1.54) is 0 Å². The number of primary sulfonamides is 1. The topological polar surface area (TPSA) is 69.4 Å². The molecule has 0 amide bonds. The maximum Gasteiger partial charge on any atom is 0.286 e. The number of alkyl halides is 1. The lowest BCUT2D eigenvalue weighted by molar-refractivity contribution is -0.129. The first-order valence-corrected chi connectivity index (χ1v) is 6.94. The monoisotopic (exact) mass is 283 g/mol. The Morgan fingerprint density at radius 1 is 1.44 bits per heavy atom. The number of rotatable bonds is 4. The summed E-state index contributed by atoms with van der Waals surface area (Å²) in [4.78, 5) is 0. The Hall–Kier alpha value is -0.860. The van der Waals surface area contributed by atoms with Gasteiger partial charge in [-0.05, 0) is 24.8 Å². The van der Waals surface area contributed by atoms with Crippen LogP contribution in [0.2, 0.25) is 0 Å². The lowest BCUT2D eigenvalue weighted by Crippen LogP contribution is -2.49. The number of allylic oxidation sites excluding steroid dienone is 2. The molecule has 1 fully saturated rings. The van der Waals surface area contributed by atoms with Gasteiger partial charge in [-0.3, -0.25) is 0 Å². The van der Waals surface area contributed by atoms with Gasteiger partial charge in [-0.15, -0.1) is 0 Å². The van der Waals surface area contributed by atoms with E-state index in [1.807, 2.05) is 0 Å². The van der Waals surface area contributed by atoms with E-state index in [9.17, 15) is 21.6 Å². The molecule has 0 aromatic rings. The van der Waals surface area contributed by atoms with Gasteiger partial charge in [-0.2, -0.15) is 0 Å². The summed E-state index contributed by atoms with van der Waals surface area (Å²) in [5.41, 5.74) is 0. The largest absolute Gasteiger partial charge is 0.339 e. The lowest BCUT2D eigenvalue weighted by Gasteiger charge is -2.31. The third-order valence-corrected chi connectivity index (χ3v) is 4.04. The molecule has 0 radical (unpaired) electrons. The minimum absolute atomic E-state index is 0.0560. The van der Waals surface area contributed by atoms with Crippen LogP contribution in [0.3, 0.4) is 0 Å². The summed E-state index contributed by atoms with van der Waals surface area (Å²) in [5, 5.41) is 2.72. The predicted octanol–water partition coefficient (Wildman–Crippen LogP) is 1.46. The SMILES string of the molecule is NS(=O)(=O)C1C=CC(F)=C(F)C1(F)OCC1CC1. The van der Waals surface area contributed by atoms with Crippen molar-refractivity contribution in [3.05, 3.63) is 23.8 Å². The summed E-state index contributed by atoms with van der Waals surface area (Å²) in [7, 11) is -4.44. The van der Waals surface area contributed by atoms with Crippen LogP contribution in [0.25, 0.3) is 0 Å². The fraction of sp³-hybridized carbons (Fsp3) is 0.600. The van der Waals surface area contributed by atoms with Gasteiger partial charge in [0, 0.05) is 0 Å². The molecule has 0 aromatic heterocycles. The van der Waals surface area contributed by atoms with E-state index in [0.29, 0.717) is 12.2 Å². The van der Waals surface area contributed by atoms with E-state index in [2.05, 4.69) is 4.74 Å². The Balaban J connectivity index is 2.31. The molecule has 18 heavy (non-hydrogen) atoms. The zero-order valence-electron chi connectivity index (χ0n) is 9.27. The molecular formula is C10H12F3NO3S. The summed E-state index contributed by atoms with van der Waals surface area (Å²) >= 11 is 0. The van der Waals surface area contributed by atoms with Crippen molar-refractivity contribution < 1.29 is 26.3 Å². The van der Waals surface area contributed by atoms with Gasteiger partial charge in [0.05, 0.1) is 6.61 Å². The summed E-state index contributed by atoms with van der Waals surface area (Å²) < 4.78 is 68.0. The second-order valence-electron chi connectivity index (χ2n) is 4.43. The Labute approximate surface area is 102 Å². The first-order chi connectivity index (χ1) is 8.25. The van der Waals surface area contributed by atoms with Crippen molar-refractivity contribution in [2.24, 2.45) is 11.1 Å². The molecular weight excluding hydrogens is 271 g/mol. The van der Waals surface area contributed by atoms with Crippen molar-refractivity contribution in [3.8, 4) is 0 Å². The van der Waals surface area contributed by atoms with Crippen LogP contribution in [0.5, 0.6) is 0 Å². The number of nitrogens with two attached hydrogens (primary N) is 1. The second-order valence-corrected chi connectivity index (χ2v) is 6.12. The molecule has 2 N–H and O–H groups in total. The van der Waals surface area contributed by atoms with Crippen molar-refractivity contribution >= 4 is 10.0 Å². The summed E-state index contributed by atoms with van der Waals surface area (Å²) in [6, 6.07) is 0. The van der Waals surface area contributed by atoms with Crippen molar-refractivity contribution in [1.82, 2.24) is 0 Å². The predicted molar refractivity (Wildman–Crippen MR) is 57.8 cm³/mol. The standard InChI is InChI=1S/C10H12F3NO3S/c11-7-3-4-8(18(14,15)16)10(13,9(7)12)17-5-6-1-2-6/h3-4,6,8H,1-2,5H2,(H2,14,15,16). The molecule has 8 heteroatoms. The molecule has 2 atom stereocenters. The smallest absolute Gasteiger partial charge is 0.286 e. The average molecular weight is 283 g/mol. The van der Waals surface area contributed by atoms with Gasteiger partial charge >= 0.3 is 0 Å². The highest BCUT2D eigenvalue weighted by molar-refractivity contribution is 7.90. The minimum Gasteiger partial charge on any atom is -0.339 e. The van der Waals surface area contributed by atoms with Gasteiger partial charge in [0.2, 0.25) is 15.9 Å². The van der Waals surface area contributed by atoms with Crippen LogP contribution >= 0.6 is 0 Å². The fourth-order valence-electron chi connectivity index (χ4n) is 1.65. The number of hydrogen-bond donors (Lipinski definition) is 1. The number of sulfonamides is 1. The molecule has 2 aliphatic carbocycles. The first-order valence-electron chi connectivity index (χ1n) is 5.33.